The molecule has 0 radical (unpaired) electrons. The first-order valence-corrected chi connectivity index (χ1v) is 21.5. The van der Waals surface area contributed by atoms with Crippen LogP contribution in [0.2, 0.25) is 0 Å². The minimum absolute atomic E-state index is 0. The van der Waals surface area contributed by atoms with Crippen molar-refractivity contribution in [2.75, 3.05) is 19.7 Å². The minimum atomic E-state index is -0.588. The van der Waals surface area contributed by atoms with Gasteiger partial charge in [-0.05, 0) is 63.8 Å². The Kier molecular flexibility index (Phi) is 17.0. The van der Waals surface area contributed by atoms with E-state index in [1.807, 2.05) is 136 Å². The number of hydrogen-bond donors (Lipinski definition) is 1. The number of halogens is 1. The number of fused-ring (bicyclic) bond motifs is 2. The van der Waals surface area contributed by atoms with Crippen LogP contribution in [0, 0.1) is 13.8 Å². The molecule has 4 aromatic carbocycles. The molecule has 12 nitrogen and oxygen atoms in total. The van der Waals surface area contributed by atoms with E-state index < -0.39 is 11.7 Å². The number of rotatable bonds is 7. The predicted octanol–water partition coefficient (Wildman–Crippen LogP) is 8.31. The zero-order chi connectivity index (χ0) is 45.1. The highest BCUT2D eigenvalue weighted by Gasteiger charge is 2.31. The van der Waals surface area contributed by atoms with Gasteiger partial charge >= 0.3 is 12.1 Å². The van der Waals surface area contributed by atoms with Crippen LogP contribution in [0.25, 0.3) is 0 Å². The summed E-state index contributed by atoms with van der Waals surface area (Å²) in [5.74, 6) is 1.22. The van der Waals surface area contributed by atoms with Crippen LogP contribution in [0.5, 0.6) is 0 Å². The van der Waals surface area contributed by atoms with Gasteiger partial charge in [0.2, 0.25) is 0 Å². The molecule has 8 rings (SSSR count). The first-order valence-electron chi connectivity index (χ1n) is 21.5. The maximum absolute atomic E-state index is 13.8. The number of nitrogens with zero attached hydrogens (tertiary/aromatic N) is 5. The van der Waals surface area contributed by atoms with E-state index in [1.54, 1.807) is 16.4 Å². The second-order valence-corrected chi connectivity index (χ2v) is 16.5. The monoisotopic (exact) mass is 886 g/mol. The lowest BCUT2D eigenvalue weighted by atomic mass is 9.97. The Morgan fingerprint density at radius 1 is 0.672 bits per heavy atom. The van der Waals surface area contributed by atoms with Crippen LogP contribution in [0.3, 0.4) is 0 Å². The average Bonchev–Trinajstić information content (AvgIpc) is 3.27. The molecule has 64 heavy (non-hydrogen) atoms. The minimum Gasteiger partial charge on any atom is -0.466 e. The summed E-state index contributed by atoms with van der Waals surface area (Å²) in [6, 6.07) is 39.8. The number of carbonyl (C=O) groups is 2. The van der Waals surface area contributed by atoms with E-state index in [-0.39, 0.29) is 48.1 Å². The summed E-state index contributed by atoms with van der Waals surface area (Å²) >= 11 is 0. The Labute approximate surface area is 381 Å². The van der Waals surface area contributed by atoms with Crippen LogP contribution in [0.4, 0.5) is 4.79 Å². The van der Waals surface area contributed by atoms with Crippen LogP contribution in [-0.4, -0.2) is 61.4 Å². The van der Waals surface area contributed by atoms with Gasteiger partial charge in [0.1, 0.15) is 17.2 Å². The number of aromatic nitrogens is 4. The fourth-order valence-electron chi connectivity index (χ4n) is 7.96. The molecular weight excluding hydrogens is 828 g/mol. The van der Waals surface area contributed by atoms with E-state index in [0.717, 1.165) is 58.0 Å². The Morgan fingerprint density at radius 2 is 1.08 bits per heavy atom. The predicted molar refractivity (Wildman–Crippen MR) is 252 cm³/mol. The summed E-state index contributed by atoms with van der Waals surface area (Å²) in [7, 11) is 0. The van der Waals surface area contributed by atoms with Crippen molar-refractivity contribution in [1.82, 2.24) is 29.3 Å². The van der Waals surface area contributed by atoms with Crippen molar-refractivity contribution in [1.29, 1.82) is 0 Å². The lowest BCUT2D eigenvalue weighted by molar-refractivity contribution is -0.140. The lowest BCUT2D eigenvalue weighted by Crippen LogP contribution is -2.44. The van der Waals surface area contributed by atoms with Gasteiger partial charge in [-0.2, -0.15) is 0 Å². The molecule has 0 saturated carbocycles. The van der Waals surface area contributed by atoms with Crippen molar-refractivity contribution in [3.05, 3.63) is 198 Å². The topological polar surface area (TPSA) is 138 Å². The second-order valence-electron chi connectivity index (χ2n) is 16.5. The van der Waals surface area contributed by atoms with Crippen LogP contribution in [0.1, 0.15) is 103 Å². The van der Waals surface area contributed by atoms with Crippen molar-refractivity contribution >= 4 is 24.5 Å². The van der Waals surface area contributed by atoms with Crippen molar-refractivity contribution < 1.29 is 19.1 Å². The molecule has 0 saturated heterocycles. The third-order valence-corrected chi connectivity index (χ3v) is 10.7. The highest BCUT2D eigenvalue weighted by atomic mass is 35.5. The molecule has 0 unspecified atom stereocenters. The number of hydrogen-bond acceptors (Lipinski definition) is 9. The van der Waals surface area contributed by atoms with Crippen LogP contribution < -0.4 is 16.4 Å². The van der Waals surface area contributed by atoms with Crippen molar-refractivity contribution in [3.8, 4) is 0 Å². The number of aryl methyl sites for hydroxylation is 2. The fourth-order valence-corrected chi connectivity index (χ4v) is 7.96. The number of nitrogens with one attached hydrogen (secondary N) is 1. The molecule has 4 heterocycles. The molecular formula is C51H59ClN6O6. The number of carbonyl (C=O) groups excluding carboxylic acids is 2. The molecule has 336 valence electrons. The molecule has 0 bridgehead atoms. The van der Waals surface area contributed by atoms with Gasteiger partial charge in [0.15, 0.2) is 0 Å². The largest absolute Gasteiger partial charge is 0.466 e. The Bertz CT molecular complexity index is 2520. The van der Waals surface area contributed by atoms with E-state index >= 15 is 0 Å². The SMILES string of the molecule is CCOC(C)=O.Cc1nc2c(c(=O)n1C(c1ccccc1)c1ccccc1)CN(C(=O)OC(C)(C)C)CC2.Cc1nc2c(c(=O)n1C(c1ccccc1)c1ccccc1)CNCC2.Cl. The summed E-state index contributed by atoms with van der Waals surface area (Å²) in [4.78, 5) is 60.7. The molecule has 6 aromatic rings. The molecule has 1 amide bonds. The number of esters is 1. The van der Waals surface area contributed by atoms with Gasteiger partial charge in [0, 0.05) is 39.4 Å². The van der Waals surface area contributed by atoms with Gasteiger partial charge in [0.25, 0.3) is 11.1 Å². The molecule has 2 aliphatic rings. The first-order chi connectivity index (χ1) is 30.3. The quantitative estimate of drug-likeness (QED) is 0.157. The summed E-state index contributed by atoms with van der Waals surface area (Å²) in [6.45, 7) is 15.1. The summed E-state index contributed by atoms with van der Waals surface area (Å²) in [6.07, 6.45) is 0.942. The highest BCUT2D eigenvalue weighted by Crippen LogP contribution is 2.29. The normalized spacial score (nSPS) is 12.9. The van der Waals surface area contributed by atoms with Crippen LogP contribution in [0.15, 0.2) is 131 Å². The van der Waals surface area contributed by atoms with Gasteiger partial charge in [-0.25, -0.2) is 14.8 Å². The van der Waals surface area contributed by atoms with E-state index in [4.69, 9.17) is 14.7 Å². The molecule has 2 aromatic heterocycles. The number of ether oxygens (including phenoxy) is 2. The Hall–Kier alpha value is -6.37. The fraction of sp³-hybridized carbons (Fsp3) is 0.333. The molecule has 2 aliphatic heterocycles. The molecule has 0 fully saturated rings. The van der Waals surface area contributed by atoms with Gasteiger partial charge in [-0.15, -0.1) is 12.4 Å². The molecule has 0 spiro atoms. The molecule has 1 N–H and O–H groups in total. The molecule has 0 aliphatic carbocycles. The summed E-state index contributed by atoms with van der Waals surface area (Å²) < 4.78 is 13.5. The smallest absolute Gasteiger partial charge is 0.410 e. The number of amides is 1. The highest BCUT2D eigenvalue weighted by molar-refractivity contribution is 5.85. The second kappa shape index (κ2) is 22.3. The first kappa shape index (κ1) is 48.7. The summed E-state index contributed by atoms with van der Waals surface area (Å²) in [5, 5.41) is 3.29. The maximum atomic E-state index is 13.8. The van der Waals surface area contributed by atoms with Crippen molar-refractivity contribution in [2.24, 2.45) is 0 Å². The van der Waals surface area contributed by atoms with Crippen molar-refractivity contribution in [2.45, 2.75) is 92.1 Å². The van der Waals surface area contributed by atoms with Gasteiger partial charge < -0.3 is 19.7 Å². The third kappa shape index (κ3) is 12.0. The average molecular weight is 888 g/mol. The van der Waals surface area contributed by atoms with Crippen molar-refractivity contribution in [3.63, 3.8) is 0 Å². The zero-order valence-electron chi connectivity index (χ0n) is 37.7. The molecule has 0 atom stereocenters. The van der Waals surface area contributed by atoms with Gasteiger partial charge in [-0.1, -0.05) is 121 Å². The number of benzene rings is 4. The zero-order valence-corrected chi connectivity index (χ0v) is 38.6. The molecule has 13 heteroatoms. The standard InChI is InChI=1S/C26H29N3O3.C21H21N3O.C4H8O2.ClH/c1-18-27-22-15-16-28(25(31)32-26(2,3)4)17-21(22)24(30)29(18)23(19-11-7-5-8-12-19)20-13-9-6-10-14-20;1-15-23-19-12-13-22-14-18(19)21(25)24(15)20(16-8-4-2-5-9-16)17-10-6-3-7-11-17;1-3-6-4(2)5;/h5-14,23H,15-17H2,1-4H3;2-11,20,22H,12-14H2,1H3;3H2,1-2H3;1H. The van der Waals surface area contributed by atoms with E-state index in [1.165, 1.54) is 6.92 Å². The summed E-state index contributed by atoms with van der Waals surface area (Å²) in [5.41, 5.74) is 6.61. The lowest BCUT2D eigenvalue weighted by Gasteiger charge is -2.32. The van der Waals surface area contributed by atoms with Crippen LogP contribution in [-0.2, 0) is 40.2 Å². The third-order valence-electron chi connectivity index (χ3n) is 10.7. The van der Waals surface area contributed by atoms with E-state index in [2.05, 4.69) is 34.3 Å². The van der Waals surface area contributed by atoms with Crippen LogP contribution >= 0.6 is 12.4 Å². The van der Waals surface area contributed by atoms with E-state index in [9.17, 15) is 19.2 Å². The Morgan fingerprint density at radius 3 is 1.45 bits per heavy atom. The Balaban J connectivity index is 0.000000215. The maximum Gasteiger partial charge on any atom is 0.410 e. The van der Waals surface area contributed by atoms with E-state index in [0.29, 0.717) is 37.5 Å². The van der Waals surface area contributed by atoms with Gasteiger partial charge in [-0.3, -0.25) is 23.5 Å². The van der Waals surface area contributed by atoms with Gasteiger partial charge in [0.05, 0.1) is 47.8 Å².